The zero-order valence-corrected chi connectivity index (χ0v) is 14.8. The predicted octanol–water partition coefficient (Wildman–Crippen LogP) is 5.02. The number of hydrogen-bond donors (Lipinski definition) is 0. The second-order valence-corrected chi connectivity index (χ2v) is 7.07. The molecule has 0 saturated heterocycles. The molecule has 122 valence electrons. The van der Waals surface area contributed by atoms with Gasteiger partial charge in [0.1, 0.15) is 11.5 Å². The highest BCUT2D eigenvalue weighted by atomic mass is 32.1. The van der Waals surface area contributed by atoms with Gasteiger partial charge in [0.15, 0.2) is 15.8 Å². The zero-order chi connectivity index (χ0) is 16.7. The predicted molar refractivity (Wildman–Crippen MR) is 96.0 cm³/mol. The van der Waals surface area contributed by atoms with Gasteiger partial charge in [-0.2, -0.15) is 0 Å². The van der Waals surface area contributed by atoms with Gasteiger partial charge in [0, 0.05) is 30.8 Å². The Morgan fingerprint density at radius 2 is 2.00 bits per heavy atom. The van der Waals surface area contributed by atoms with Crippen LogP contribution in [-0.4, -0.2) is 21.5 Å². The number of carbonyl (C=O) groups is 2. The Balaban J connectivity index is 1.91. The Labute approximate surface area is 144 Å². The highest BCUT2D eigenvalue weighted by molar-refractivity contribution is 7.21. The number of unbranched alkanes of at least 4 members (excludes halogenated alkanes) is 2. The first-order chi connectivity index (χ1) is 11.2. The molecule has 2 heterocycles. The van der Waals surface area contributed by atoms with Crippen LogP contribution in [0.3, 0.4) is 0 Å². The molecule has 2 rings (SSSR count). The van der Waals surface area contributed by atoms with E-state index in [1.54, 1.807) is 12.3 Å². The van der Waals surface area contributed by atoms with Crippen molar-refractivity contribution in [1.82, 2.24) is 9.97 Å². The van der Waals surface area contributed by atoms with Gasteiger partial charge in [0.05, 0.1) is 4.88 Å². The van der Waals surface area contributed by atoms with Crippen molar-refractivity contribution in [2.75, 3.05) is 0 Å². The van der Waals surface area contributed by atoms with Crippen molar-refractivity contribution >= 4 is 40.3 Å². The number of Topliss-reactive ketones (excluding diaryl/α,β-unsaturated/α-hetero) is 2. The van der Waals surface area contributed by atoms with E-state index in [4.69, 9.17) is 0 Å². The minimum absolute atomic E-state index is 0.0424. The molecule has 4 nitrogen and oxygen atoms in total. The fraction of sp³-hybridized carbons (Fsp3) is 0.412. The molecule has 0 aromatic carbocycles. The first-order valence-corrected chi connectivity index (χ1v) is 9.43. The highest BCUT2D eigenvalue weighted by Gasteiger charge is 2.18. The molecule has 0 saturated carbocycles. The average Bonchev–Trinajstić information content (AvgIpc) is 3.22. The van der Waals surface area contributed by atoms with Crippen LogP contribution in [0.1, 0.15) is 60.8 Å². The summed E-state index contributed by atoms with van der Waals surface area (Å²) in [6.07, 6.45) is 7.63. The van der Waals surface area contributed by atoms with Crippen LogP contribution < -0.4 is 0 Å². The van der Waals surface area contributed by atoms with Crippen molar-refractivity contribution in [3.63, 3.8) is 0 Å². The van der Waals surface area contributed by atoms with E-state index in [-0.39, 0.29) is 11.6 Å². The largest absolute Gasteiger partial charge is 0.300 e. The van der Waals surface area contributed by atoms with Crippen LogP contribution in [-0.2, 0) is 4.79 Å². The van der Waals surface area contributed by atoms with Gasteiger partial charge in [-0.1, -0.05) is 19.9 Å². The molecule has 0 fully saturated rings. The van der Waals surface area contributed by atoms with E-state index >= 15 is 0 Å². The number of ketones is 2. The second kappa shape index (κ2) is 8.84. The molecule has 0 spiro atoms. The molecule has 0 aliphatic rings. The lowest BCUT2D eigenvalue weighted by molar-refractivity contribution is -0.118. The first-order valence-electron chi connectivity index (χ1n) is 7.73. The lowest BCUT2D eigenvalue weighted by Crippen LogP contribution is -2.02. The van der Waals surface area contributed by atoms with Crippen LogP contribution in [0, 0.1) is 0 Å². The summed E-state index contributed by atoms with van der Waals surface area (Å²) in [6, 6.07) is 0. The summed E-state index contributed by atoms with van der Waals surface area (Å²) in [5.41, 5.74) is 0.500. The molecule has 0 aliphatic heterocycles. The Kier molecular flexibility index (Phi) is 6.80. The summed E-state index contributed by atoms with van der Waals surface area (Å²) < 4.78 is 0. The van der Waals surface area contributed by atoms with Gasteiger partial charge in [-0.15, -0.1) is 22.7 Å². The third-order valence-corrected chi connectivity index (χ3v) is 5.44. The molecular weight excluding hydrogens is 328 g/mol. The van der Waals surface area contributed by atoms with Crippen molar-refractivity contribution in [1.29, 1.82) is 0 Å². The fourth-order valence-electron chi connectivity index (χ4n) is 2.17. The van der Waals surface area contributed by atoms with Gasteiger partial charge in [-0.3, -0.25) is 9.59 Å². The summed E-state index contributed by atoms with van der Waals surface area (Å²) in [5.74, 6) is 0.332. The Bertz CT molecular complexity index is 675. The Morgan fingerprint density at radius 3 is 2.65 bits per heavy atom. The Hall–Kier alpha value is -1.66. The quantitative estimate of drug-likeness (QED) is 0.447. The van der Waals surface area contributed by atoms with Crippen LogP contribution in [0.25, 0.3) is 16.1 Å². The van der Waals surface area contributed by atoms with Crippen molar-refractivity contribution < 1.29 is 9.59 Å². The number of nitrogens with zero attached hydrogens (tertiary/aromatic N) is 2. The molecule has 23 heavy (non-hydrogen) atoms. The van der Waals surface area contributed by atoms with Crippen LogP contribution >= 0.6 is 22.7 Å². The molecule has 0 aliphatic carbocycles. The van der Waals surface area contributed by atoms with E-state index in [2.05, 4.69) is 16.5 Å². The average molecular weight is 348 g/mol. The topological polar surface area (TPSA) is 59.9 Å². The molecule has 0 atom stereocenters. The smallest absolute Gasteiger partial charge is 0.182 e. The molecule has 0 unspecified atom stereocenters. The summed E-state index contributed by atoms with van der Waals surface area (Å²) in [6.45, 7) is 5.65. The molecular formula is C17H20N2O2S2. The molecule has 0 amide bonds. The number of carbonyl (C=O) groups excluding carboxylic acids is 2. The summed E-state index contributed by atoms with van der Waals surface area (Å²) >= 11 is 2.96. The third kappa shape index (κ3) is 4.91. The van der Waals surface area contributed by atoms with Gasteiger partial charge < -0.3 is 0 Å². The lowest BCUT2D eigenvalue weighted by Gasteiger charge is -2.00. The zero-order valence-electron chi connectivity index (χ0n) is 13.2. The molecule has 6 heteroatoms. The van der Waals surface area contributed by atoms with Gasteiger partial charge >= 0.3 is 0 Å². The minimum atomic E-state index is 0.0424. The monoisotopic (exact) mass is 348 g/mol. The van der Waals surface area contributed by atoms with Crippen LogP contribution in [0.4, 0.5) is 0 Å². The summed E-state index contributed by atoms with van der Waals surface area (Å²) in [5, 5.41) is 3.49. The van der Waals surface area contributed by atoms with Gasteiger partial charge in [0.25, 0.3) is 0 Å². The molecule has 0 N–H and O–H groups in total. The minimum Gasteiger partial charge on any atom is -0.300 e. The van der Waals surface area contributed by atoms with Crippen LogP contribution in [0.2, 0.25) is 0 Å². The second-order valence-electron chi connectivity index (χ2n) is 5.15. The van der Waals surface area contributed by atoms with Gasteiger partial charge in [0.2, 0.25) is 0 Å². The SMILES string of the molecule is C=Cc1sc(-c2nccs2)nc1C(=O)CCCCCC(=O)CC. The van der Waals surface area contributed by atoms with E-state index in [0.29, 0.717) is 25.0 Å². The standard InChI is InChI=1S/C17H20N2O2S2/c1-3-12(20)8-6-5-7-9-13(21)15-14(4-2)23-17(19-15)16-18-10-11-22-16/h4,10-11H,2-3,5-9H2,1H3. The molecule has 2 aromatic heterocycles. The fourth-order valence-corrected chi connectivity index (χ4v) is 3.78. The van der Waals surface area contributed by atoms with Crippen molar-refractivity contribution in [3.8, 4) is 10.0 Å². The van der Waals surface area contributed by atoms with Gasteiger partial charge in [-0.25, -0.2) is 9.97 Å². The lowest BCUT2D eigenvalue weighted by atomic mass is 10.1. The number of rotatable bonds is 10. The van der Waals surface area contributed by atoms with Crippen LogP contribution in [0.5, 0.6) is 0 Å². The van der Waals surface area contributed by atoms with Crippen molar-refractivity contribution in [3.05, 3.63) is 28.7 Å². The summed E-state index contributed by atoms with van der Waals surface area (Å²) in [7, 11) is 0. The Morgan fingerprint density at radius 1 is 1.22 bits per heavy atom. The normalized spacial score (nSPS) is 10.7. The number of hydrogen-bond acceptors (Lipinski definition) is 6. The van der Waals surface area contributed by atoms with E-state index in [0.717, 1.165) is 34.2 Å². The van der Waals surface area contributed by atoms with E-state index in [9.17, 15) is 9.59 Å². The number of thiazole rings is 2. The molecule has 2 aromatic rings. The summed E-state index contributed by atoms with van der Waals surface area (Å²) in [4.78, 5) is 33.1. The number of aromatic nitrogens is 2. The third-order valence-electron chi connectivity index (χ3n) is 3.47. The van der Waals surface area contributed by atoms with E-state index < -0.39 is 0 Å². The maximum Gasteiger partial charge on any atom is 0.182 e. The van der Waals surface area contributed by atoms with E-state index in [1.807, 2.05) is 12.3 Å². The molecule has 0 radical (unpaired) electrons. The van der Waals surface area contributed by atoms with Crippen molar-refractivity contribution in [2.45, 2.75) is 45.4 Å². The highest BCUT2D eigenvalue weighted by Crippen LogP contribution is 2.31. The molecule has 0 bridgehead atoms. The first kappa shape index (κ1) is 17.7. The maximum absolute atomic E-state index is 12.4. The van der Waals surface area contributed by atoms with Crippen LogP contribution in [0.15, 0.2) is 18.2 Å². The van der Waals surface area contributed by atoms with E-state index in [1.165, 1.54) is 22.7 Å². The van der Waals surface area contributed by atoms with Crippen molar-refractivity contribution in [2.24, 2.45) is 0 Å². The van der Waals surface area contributed by atoms with Gasteiger partial charge in [-0.05, 0) is 18.9 Å². The maximum atomic E-state index is 12.4.